The number of hydrogen-bond acceptors (Lipinski definition) is 5. The summed E-state index contributed by atoms with van der Waals surface area (Å²) in [6.45, 7) is 1.77. The monoisotopic (exact) mass is 262 g/mol. The summed E-state index contributed by atoms with van der Waals surface area (Å²) < 4.78 is 3.99. The number of rotatable bonds is 4. The summed E-state index contributed by atoms with van der Waals surface area (Å²) in [6, 6.07) is 9.09. The van der Waals surface area contributed by atoms with Gasteiger partial charge in [-0.1, -0.05) is 30.3 Å². The molecule has 0 aliphatic rings. The van der Waals surface area contributed by atoms with Gasteiger partial charge in [-0.05, 0) is 18.9 Å². The van der Waals surface area contributed by atoms with Gasteiger partial charge in [-0.15, -0.1) is 0 Å². The van der Waals surface area contributed by atoms with E-state index in [9.17, 15) is 4.79 Å². The third-order valence-electron chi connectivity index (χ3n) is 2.39. The predicted molar refractivity (Wildman–Crippen MR) is 71.4 cm³/mol. The summed E-state index contributed by atoms with van der Waals surface area (Å²) in [7, 11) is 0. The molecule has 0 aliphatic heterocycles. The van der Waals surface area contributed by atoms with Crippen LogP contribution in [0.2, 0.25) is 0 Å². The quantitative estimate of drug-likeness (QED) is 0.871. The van der Waals surface area contributed by atoms with Crippen molar-refractivity contribution >= 4 is 22.6 Å². The van der Waals surface area contributed by atoms with Crippen LogP contribution in [0.25, 0.3) is 0 Å². The van der Waals surface area contributed by atoms with Gasteiger partial charge in [-0.3, -0.25) is 10.1 Å². The topological polar surface area (TPSA) is 80.9 Å². The van der Waals surface area contributed by atoms with Crippen LogP contribution in [-0.4, -0.2) is 21.3 Å². The van der Waals surface area contributed by atoms with Gasteiger partial charge in [-0.25, -0.2) is 4.98 Å². The van der Waals surface area contributed by atoms with Crippen LogP contribution in [-0.2, 0) is 11.2 Å². The fourth-order valence-electron chi connectivity index (χ4n) is 1.51. The maximum absolute atomic E-state index is 11.8. The summed E-state index contributed by atoms with van der Waals surface area (Å²) in [6.07, 6.45) is 0.504. The molecule has 0 unspecified atom stereocenters. The largest absolute Gasteiger partial charge is 0.320 e. The van der Waals surface area contributed by atoms with Crippen LogP contribution in [0.3, 0.4) is 0 Å². The Morgan fingerprint density at radius 1 is 1.44 bits per heavy atom. The molecule has 1 amide bonds. The zero-order valence-corrected chi connectivity index (χ0v) is 10.8. The van der Waals surface area contributed by atoms with Crippen LogP contribution in [0.15, 0.2) is 30.3 Å². The normalized spacial score (nSPS) is 12.1. The van der Waals surface area contributed by atoms with Crippen LogP contribution in [0, 0.1) is 6.92 Å². The molecule has 0 bridgehead atoms. The molecular weight excluding hydrogens is 248 g/mol. The first-order chi connectivity index (χ1) is 8.65. The van der Waals surface area contributed by atoms with E-state index in [0.29, 0.717) is 17.4 Å². The van der Waals surface area contributed by atoms with Crippen LogP contribution in [0.1, 0.15) is 11.4 Å². The molecule has 0 radical (unpaired) electrons. The Balaban J connectivity index is 1.93. The van der Waals surface area contributed by atoms with Crippen molar-refractivity contribution in [3.8, 4) is 0 Å². The average Bonchev–Trinajstić information content (AvgIpc) is 2.76. The van der Waals surface area contributed by atoms with Crippen molar-refractivity contribution in [3.05, 3.63) is 41.7 Å². The highest BCUT2D eigenvalue weighted by atomic mass is 32.1. The number of anilines is 1. The zero-order chi connectivity index (χ0) is 13.0. The second-order valence-electron chi connectivity index (χ2n) is 3.93. The predicted octanol–water partition coefficient (Wildman–Crippen LogP) is 1.36. The summed E-state index contributed by atoms with van der Waals surface area (Å²) in [5.41, 5.74) is 6.88. The molecule has 94 valence electrons. The molecule has 6 heteroatoms. The van der Waals surface area contributed by atoms with Crippen molar-refractivity contribution in [2.45, 2.75) is 19.4 Å². The van der Waals surface area contributed by atoms with E-state index < -0.39 is 6.04 Å². The lowest BCUT2D eigenvalue weighted by Crippen LogP contribution is -2.37. The van der Waals surface area contributed by atoms with Gasteiger partial charge >= 0.3 is 0 Å². The van der Waals surface area contributed by atoms with E-state index in [1.807, 2.05) is 30.3 Å². The second kappa shape index (κ2) is 5.70. The Morgan fingerprint density at radius 2 is 2.17 bits per heavy atom. The number of hydrogen-bond donors (Lipinski definition) is 2. The maximum Gasteiger partial charge on any atom is 0.243 e. The molecule has 0 saturated heterocycles. The molecule has 2 aromatic rings. The number of nitrogens with zero attached hydrogens (tertiary/aromatic N) is 2. The highest BCUT2D eigenvalue weighted by Gasteiger charge is 2.15. The number of nitrogens with two attached hydrogens (primary N) is 1. The van der Waals surface area contributed by atoms with E-state index in [4.69, 9.17) is 5.73 Å². The van der Waals surface area contributed by atoms with Crippen molar-refractivity contribution in [1.82, 2.24) is 9.36 Å². The average molecular weight is 262 g/mol. The molecule has 3 N–H and O–H groups in total. The van der Waals surface area contributed by atoms with E-state index in [-0.39, 0.29) is 5.91 Å². The third kappa shape index (κ3) is 3.35. The number of carbonyl (C=O) groups excluding carboxylic acids is 1. The molecule has 1 aromatic carbocycles. The SMILES string of the molecule is Cc1nsc(NC(=O)[C@H](N)Cc2ccccc2)n1. The zero-order valence-electron chi connectivity index (χ0n) is 9.96. The minimum absolute atomic E-state index is 0.241. The lowest BCUT2D eigenvalue weighted by Gasteiger charge is -2.10. The maximum atomic E-state index is 11.8. The van der Waals surface area contributed by atoms with Crippen molar-refractivity contribution in [3.63, 3.8) is 0 Å². The van der Waals surface area contributed by atoms with E-state index in [2.05, 4.69) is 14.7 Å². The molecule has 18 heavy (non-hydrogen) atoms. The lowest BCUT2D eigenvalue weighted by atomic mass is 10.1. The van der Waals surface area contributed by atoms with E-state index >= 15 is 0 Å². The van der Waals surface area contributed by atoms with Gasteiger partial charge in [0.2, 0.25) is 11.0 Å². The summed E-state index contributed by atoms with van der Waals surface area (Å²) in [5, 5.41) is 3.15. The van der Waals surface area contributed by atoms with Gasteiger partial charge in [0.15, 0.2) is 0 Å². The van der Waals surface area contributed by atoms with Crippen LogP contribution >= 0.6 is 11.5 Å². The molecule has 1 atom stereocenters. The Labute approximate surface area is 109 Å². The highest BCUT2D eigenvalue weighted by molar-refractivity contribution is 7.09. The number of nitrogens with one attached hydrogen (secondary N) is 1. The van der Waals surface area contributed by atoms with E-state index in [1.165, 1.54) is 0 Å². The van der Waals surface area contributed by atoms with E-state index in [0.717, 1.165) is 17.1 Å². The van der Waals surface area contributed by atoms with Gasteiger partial charge in [0.1, 0.15) is 5.82 Å². The van der Waals surface area contributed by atoms with E-state index in [1.54, 1.807) is 6.92 Å². The third-order valence-corrected chi connectivity index (χ3v) is 3.11. The van der Waals surface area contributed by atoms with Crippen molar-refractivity contribution in [1.29, 1.82) is 0 Å². The highest BCUT2D eigenvalue weighted by Crippen LogP contribution is 2.11. The first kappa shape index (κ1) is 12.7. The molecule has 0 fully saturated rings. The molecule has 0 saturated carbocycles. The van der Waals surface area contributed by atoms with Gasteiger partial charge in [0.05, 0.1) is 6.04 Å². The van der Waals surface area contributed by atoms with Crippen LogP contribution < -0.4 is 11.1 Å². The molecule has 0 aliphatic carbocycles. The number of amides is 1. The lowest BCUT2D eigenvalue weighted by molar-refractivity contribution is -0.117. The van der Waals surface area contributed by atoms with Gasteiger partial charge < -0.3 is 5.73 Å². The second-order valence-corrected chi connectivity index (χ2v) is 4.68. The summed E-state index contributed by atoms with van der Waals surface area (Å²) >= 11 is 1.15. The molecule has 5 nitrogen and oxygen atoms in total. The summed E-state index contributed by atoms with van der Waals surface area (Å²) in [4.78, 5) is 15.9. The molecule has 1 heterocycles. The Hall–Kier alpha value is -1.79. The van der Waals surface area contributed by atoms with Crippen LogP contribution in [0.4, 0.5) is 5.13 Å². The Bertz CT molecular complexity index is 526. The molecular formula is C12H14N4OS. The van der Waals surface area contributed by atoms with Crippen molar-refractivity contribution < 1.29 is 4.79 Å². The smallest absolute Gasteiger partial charge is 0.243 e. The molecule has 0 spiro atoms. The molecule has 2 rings (SSSR count). The number of aromatic nitrogens is 2. The van der Waals surface area contributed by atoms with Crippen LogP contribution in [0.5, 0.6) is 0 Å². The standard InChI is InChI=1S/C12H14N4OS/c1-8-14-12(18-16-8)15-11(17)10(13)7-9-5-3-2-4-6-9/h2-6,10H,7,13H2,1H3,(H,14,15,16,17)/t10-/m1/s1. The number of benzene rings is 1. The summed E-state index contributed by atoms with van der Waals surface area (Å²) in [5.74, 6) is 0.405. The Kier molecular flexibility index (Phi) is 4.01. The Morgan fingerprint density at radius 3 is 2.78 bits per heavy atom. The minimum Gasteiger partial charge on any atom is -0.320 e. The van der Waals surface area contributed by atoms with Crippen molar-refractivity contribution in [2.75, 3.05) is 5.32 Å². The van der Waals surface area contributed by atoms with Gasteiger partial charge in [0, 0.05) is 11.5 Å². The minimum atomic E-state index is -0.586. The number of aryl methyl sites for hydroxylation is 1. The molecule has 1 aromatic heterocycles. The van der Waals surface area contributed by atoms with Gasteiger partial charge in [0.25, 0.3) is 0 Å². The fraction of sp³-hybridized carbons (Fsp3) is 0.250. The van der Waals surface area contributed by atoms with Crippen molar-refractivity contribution in [2.24, 2.45) is 5.73 Å². The van der Waals surface area contributed by atoms with Gasteiger partial charge in [-0.2, -0.15) is 4.37 Å². The fourth-order valence-corrected chi connectivity index (χ4v) is 2.09. The number of carbonyl (C=O) groups is 1. The first-order valence-corrected chi connectivity index (χ1v) is 6.33. The first-order valence-electron chi connectivity index (χ1n) is 5.56.